The van der Waals surface area contributed by atoms with E-state index in [2.05, 4.69) is 26.2 Å². The summed E-state index contributed by atoms with van der Waals surface area (Å²) in [6.07, 6.45) is 2.93. The molecule has 3 aromatic rings. The molecule has 34 heavy (non-hydrogen) atoms. The zero-order valence-corrected chi connectivity index (χ0v) is 20.4. The number of nitrogens with one attached hydrogen (secondary N) is 1. The normalized spacial score (nSPS) is 17.3. The van der Waals surface area contributed by atoms with Gasteiger partial charge in [0.05, 0.1) is 11.5 Å². The quantitative estimate of drug-likeness (QED) is 0.387. The van der Waals surface area contributed by atoms with Crippen LogP contribution in [0, 0.1) is 18.3 Å². The molecule has 4 rings (SSSR count). The number of hydrogen-bond acceptors (Lipinski definition) is 7. The Morgan fingerprint density at radius 2 is 2.06 bits per heavy atom. The van der Waals surface area contributed by atoms with E-state index in [0.717, 1.165) is 16.1 Å². The van der Waals surface area contributed by atoms with E-state index >= 15 is 0 Å². The molecule has 2 aromatic heterocycles. The number of aryl methyl sites for hydroxylation is 1. The Balaban J connectivity index is 1.78. The topological polar surface area (TPSA) is 131 Å². The van der Waals surface area contributed by atoms with E-state index in [-0.39, 0.29) is 34.9 Å². The molecule has 174 valence electrons. The standard InChI is InChI=1S/C23H19BrN4O5S/c1-14-3-2-9-28-20(14)27-22(33-18-6-4-16(24)5-7-18)19(23(28)30)11-15(12-25)21(29)26-17-8-10-34(31,32)13-17/h2-7,9,11,17H,8,10,13H2,1H3,(H,26,29)/b15-11+. The number of halogens is 1. The minimum atomic E-state index is -3.22. The molecule has 0 spiro atoms. The number of carbonyl (C=O) groups excluding carboxylic acids is 1. The third kappa shape index (κ3) is 5.03. The molecule has 1 fully saturated rings. The SMILES string of the molecule is Cc1cccn2c(=O)c(/C=C(\C#N)C(=O)NC3CCS(=O)(=O)C3)c(Oc3ccc(Br)cc3)nc12. The largest absolute Gasteiger partial charge is 0.438 e. The molecule has 1 aliphatic heterocycles. The Morgan fingerprint density at radius 1 is 1.32 bits per heavy atom. The summed E-state index contributed by atoms with van der Waals surface area (Å²) >= 11 is 3.35. The molecule has 0 saturated carbocycles. The van der Waals surface area contributed by atoms with Crippen molar-refractivity contribution in [3.05, 3.63) is 74.1 Å². The number of rotatable bonds is 5. The lowest BCUT2D eigenvalue weighted by molar-refractivity contribution is -0.117. The first kappa shape index (κ1) is 23.7. The highest BCUT2D eigenvalue weighted by Crippen LogP contribution is 2.26. The molecule has 3 heterocycles. The maximum absolute atomic E-state index is 13.3. The van der Waals surface area contributed by atoms with Gasteiger partial charge < -0.3 is 10.1 Å². The number of nitrogens with zero attached hydrogens (tertiary/aromatic N) is 3. The van der Waals surface area contributed by atoms with Crippen molar-refractivity contribution in [3.63, 3.8) is 0 Å². The highest BCUT2D eigenvalue weighted by molar-refractivity contribution is 9.10. The number of carbonyl (C=O) groups is 1. The maximum Gasteiger partial charge on any atom is 0.269 e. The van der Waals surface area contributed by atoms with Crippen LogP contribution >= 0.6 is 15.9 Å². The number of fused-ring (bicyclic) bond motifs is 1. The lowest BCUT2D eigenvalue weighted by atomic mass is 10.1. The fourth-order valence-electron chi connectivity index (χ4n) is 3.57. The van der Waals surface area contributed by atoms with Crippen molar-refractivity contribution in [3.8, 4) is 17.7 Å². The molecule has 1 aliphatic rings. The minimum absolute atomic E-state index is 0.0238. The Morgan fingerprint density at radius 3 is 2.71 bits per heavy atom. The fourth-order valence-corrected chi connectivity index (χ4v) is 5.51. The Bertz CT molecular complexity index is 1520. The molecule has 11 heteroatoms. The van der Waals surface area contributed by atoms with Crippen LogP contribution in [0.5, 0.6) is 11.6 Å². The van der Waals surface area contributed by atoms with Crippen molar-refractivity contribution in [2.24, 2.45) is 0 Å². The van der Waals surface area contributed by atoms with E-state index in [1.807, 2.05) is 0 Å². The van der Waals surface area contributed by atoms with Gasteiger partial charge in [-0.05, 0) is 55.3 Å². The second kappa shape index (κ2) is 9.40. The van der Waals surface area contributed by atoms with E-state index in [1.54, 1.807) is 49.4 Å². The third-order valence-electron chi connectivity index (χ3n) is 5.30. The van der Waals surface area contributed by atoms with E-state index in [1.165, 1.54) is 10.6 Å². The van der Waals surface area contributed by atoms with E-state index in [4.69, 9.17) is 4.74 Å². The second-order valence-electron chi connectivity index (χ2n) is 7.82. The molecule has 0 radical (unpaired) electrons. The second-order valence-corrected chi connectivity index (χ2v) is 11.0. The molecule has 1 amide bonds. The molecule has 1 atom stereocenters. The number of aromatic nitrogens is 2. The van der Waals surface area contributed by atoms with Crippen molar-refractivity contribution >= 4 is 43.4 Å². The number of hydrogen-bond donors (Lipinski definition) is 1. The summed E-state index contributed by atoms with van der Waals surface area (Å²) in [5, 5.41) is 12.2. The third-order valence-corrected chi connectivity index (χ3v) is 7.60. The molecule has 0 bridgehead atoms. The number of amides is 1. The monoisotopic (exact) mass is 542 g/mol. The van der Waals surface area contributed by atoms with Gasteiger partial charge in [-0.15, -0.1) is 0 Å². The van der Waals surface area contributed by atoms with Gasteiger partial charge in [0.25, 0.3) is 11.5 Å². The zero-order chi connectivity index (χ0) is 24.5. The first-order valence-corrected chi connectivity index (χ1v) is 12.9. The molecule has 9 nitrogen and oxygen atoms in total. The fraction of sp³-hybridized carbons (Fsp3) is 0.217. The van der Waals surface area contributed by atoms with Crippen LogP contribution in [0.1, 0.15) is 17.5 Å². The number of pyridine rings is 1. The van der Waals surface area contributed by atoms with Crippen LogP contribution in [0.4, 0.5) is 0 Å². The average Bonchev–Trinajstić information content (AvgIpc) is 3.14. The number of benzene rings is 1. The number of nitriles is 1. The van der Waals surface area contributed by atoms with Crippen LogP contribution in [-0.4, -0.2) is 41.3 Å². The Kier molecular flexibility index (Phi) is 6.54. The van der Waals surface area contributed by atoms with Crippen LogP contribution in [0.25, 0.3) is 11.7 Å². The highest BCUT2D eigenvalue weighted by Gasteiger charge is 2.30. The predicted octanol–water partition coefficient (Wildman–Crippen LogP) is 2.77. The van der Waals surface area contributed by atoms with Gasteiger partial charge in [-0.3, -0.25) is 14.0 Å². The molecule has 1 saturated heterocycles. The Labute approximate surface area is 203 Å². The number of sulfone groups is 1. The van der Waals surface area contributed by atoms with Crippen LogP contribution in [0.15, 0.2) is 57.4 Å². The molecule has 1 aromatic carbocycles. The van der Waals surface area contributed by atoms with Crippen LogP contribution in [-0.2, 0) is 14.6 Å². The lowest BCUT2D eigenvalue weighted by Gasteiger charge is -2.12. The lowest BCUT2D eigenvalue weighted by Crippen LogP contribution is -2.36. The van der Waals surface area contributed by atoms with Gasteiger partial charge in [0, 0.05) is 16.7 Å². The van der Waals surface area contributed by atoms with Crippen molar-refractivity contribution in [1.82, 2.24) is 14.7 Å². The smallest absolute Gasteiger partial charge is 0.269 e. The van der Waals surface area contributed by atoms with Crippen LogP contribution < -0.4 is 15.6 Å². The summed E-state index contributed by atoms with van der Waals surface area (Å²) in [6, 6.07) is 11.6. The summed E-state index contributed by atoms with van der Waals surface area (Å²) in [7, 11) is -3.22. The van der Waals surface area contributed by atoms with Crippen molar-refractivity contribution < 1.29 is 17.9 Å². The zero-order valence-electron chi connectivity index (χ0n) is 18.0. The van der Waals surface area contributed by atoms with Crippen LogP contribution in [0.3, 0.4) is 0 Å². The molecule has 0 aliphatic carbocycles. The molecule has 1 unspecified atom stereocenters. The molecular formula is C23H19BrN4O5S. The van der Waals surface area contributed by atoms with Crippen molar-refractivity contribution in [2.75, 3.05) is 11.5 Å². The summed E-state index contributed by atoms with van der Waals surface area (Å²) in [5.41, 5.74) is 0.130. The van der Waals surface area contributed by atoms with Gasteiger partial charge in [0.1, 0.15) is 28.6 Å². The molecule has 1 N–H and O–H groups in total. The predicted molar refractivity (Wildman–Crippen MR) is 129 cm³/mol. The van der Waals surface area contributed by atoms with E-state index in [0.29, 0.717) is 11.4 Å². The summed E-state index contributed by atoms with van der Waals surface area (Å²) in [6.45, 7) is 1.80. The average molecular weight is 543 g/mol. The minimum Gasteiger partial charge on any atom is -0.438 e. The van der Waals surface area contributed by atoms with Gasteiger partial charge in [-0.1, -0.05) is 22.0 Å². The van der Waals surface area contributed by atoms with E-state index < -0.39 is 27.3 Å². The van der Waals surface area contributed by atoms with Gasteiger partial charge in [-0.25, -0.2) is 8.42 Å². The first-order chi connectivity index (χ1) is 16.2. The maximum atomic E-state index is 13.3. The summed E-state index contributed by atoms with van der Waals surface area (Å²) in [4.78, 5) is 30.5. The van der Waals surface area contributed by atoms with Gasteiger partial charge in [0.2, 0.25) is 5.88 Å². The van der Waals surface area contributed by atoms with Gasteiger partial charge in [-0.2, -0.15) is 10.2 Å². The van der Waals surface area contributed by atoms with Crippen LogP contribution in [0.2, 0.25) is 0 Å². The van der Waals surface area contributed by atoms with Crippen molar-refractivity contribution in [1.29, 1.82) is 5.26 Å². The van der Waals surface area contributed by atoms with Crippen molar-refractivity contribution in [2.45, 2.75) is 19.4 Å². The summed E-state index contributed by atoms with van der Waals surface area (Å²) < 4.78 is 31.4. The summed E-state index contributed by atoms with van der Waals surface area (Å²) in [5.74, 6) is -0.640. The van der Waals surface area contributed by atoms with E-state index in [9.17, 15) is 23.3 Å². The van der Waals surface area contributed by atoms with Gasteiger partial charge >= 0.3 is 0 Å². The number of ether oxygens (including phenoxy) is 1. The Hall–Kier alpha value is -3.49. The molecular weight excluding hydrogens is 524 g/mol. The first-order valence-electron chi connectivity index (χ1n) is 10.3. The highest BCUT2D eigenvalue weighted by atomic mass is 79.9. The van der Waals surface area contributed by atoms with Gasteiger partial charge in [0.15, 0.2) is 9.84 Å².